The number of nitrogens with zero attached hydrogens (tertiary/aromatic N) is 1. The van der Waals surface area contributed by atoms with Gasteiger partial charge in [0.05, 0.1) is 0 Å². The van der Waals surface area contributed by atoms with Crippen molar-refractivity contribution >= 4 is 5.78 Å². The van der Waals surface area contributed by atoms with Crippen molar-refractivity contribution in [2.45, 2.75) is 69.7 Å². The summed E-state index contributed by atoms with van der Waals surface area (Å²) < 4.78 is 13.2. The molecule has 1 atom stereocenters. The standard InChI is InChI=1S/C38H42FNO/c1-30-37-18-9-8-12-32(37)25-29-40(30)28-11-27-38(33-13-4-2-5-14-33,34-15-6-3-7-16-34)26-10-17-36(41)24-21-31-19-22-35(39)23-20-31/h2-9,12-16,18-20,22-23,30H,10-11,17,21,24-29H2,1H3. The highest BCUT2D eigenvalue weighted by molar-refractivity contribution is 5.78. The summed E-state index contributed by atoms with van der Waals surface area (Å²) in [5.74, 6) is 0.0444. The van der Waals surface area contributed by atoms with Crippen LogP contribution in [0.4, 0.5) is 4.39 Å². The predicted octanol–water partition coefficient (Wildman–Crippen LogP) is 8.88. The van der Waals surface area contributed by atoms with E-state index in [0.717, 1.165) is 50.8 Å². The zero-order chi connectivity index (χ0) is 28.5. The Balaban J connectivity index is 1.29. The Kier molecular flexibility index (Phi) is 9.80. The van der Waals surface area contributed by atoms with Crippen molar-refractivity contribution in [1.29, 1.82) is 0 Å². The van der Waals surface area contributed by atoms with Gasteiger partial charge in [-0.3, -0.25) is 9.69 Å². The zero-order valence-electron chi connectivity index (χ0n) is 24.3. The molecule has 1 heterocycles. The maximum Gasteiger partial charge on any atom is 0.133 e. The fourth-order valence-electron chi connectivity index (χ4n) is 6.74. The Bertz CT molecular complexity index is 1340. The summed E-state index contributed by atoms with van der Waals surface area (Å²) in [6.07, 6.45) is 6.76. The molecule has 4 aromatic carbocycles. The molecule has 0 N–H and O–H groups in total. The van der Waals surface area contributed by atoms with Gasteiger partial charge in [0, 0.05) is 30.8 Å². The summed E-state index contributed by atoms with van der Waals surface area (Å²) >= 11 is 0. The molecule has 2 nitrogen and oxygen atoms in total. The van der Waals surface area contributed by atoms with Crippen LogP contribution in [-0.4, -0.2) is 23.8 Å². The fraction of sp³-hybridized carbons (Fsp3) is 0.342. The van der Waals surface area contributed by atoms with Crippen molar-refractivity contribution < 1.29 is 9.18 Å². The molecule has 1 unspecified atom stereocenters. The third kappa shape index (κ3) is 7.21. The SMILES string of the molecule is CC1c2ccccc2CCN1CCCC(CCCC(=O)CCc1ccc(F)cc1)(c1ccccc1)c1ccccc1. The first kappa shape index (κ1) is 29.0. The second kappa shape index (κ2) is 13.9. The minimum absolute atomic E-state index is 0.142. The zero-order valence-corrected chi connectivity index (χ0v) is 24.3. The van der Waals surface area contributed by atoms with Crippen molar-refractivity contribution in [3.8, 4) is 0 Å². The van der Waals surface area contributed by atoms with E-state index in [0.29, 0.717) is 25.3 Å². The highest BCUT2D eigenvalue weighted by Gasteiger charge is 2.34. The third-order valence-electron chi connectivity index (χ3n) is 9.09. The van der Waals surface area contributed by atoms with Crippen molar-refractivity contribution in [1.82, 2.24) is 4.90 Å². The number of halogens is 1. The van der Waals surface area contributed by atoms with Crippen molar-refractivity contribution in [3.05, 3.63) is 143 Å². The number of benzene rings is 4. The summed E-state index contributed by atoms with van der Waals surface area (Å²) in [6.45, 7) is 4.51. The molecular formula is C38H42FNO. The highest BCUT2D eigenvalue weighted by atomic mass is 19.1. The van der Waals surface area contributed by atoms with Gasteiger partial charge in [0.2, 0.25) is 0 Å². The molecule has 0 amide bonds. The third-order valence-corrected chi connectivity index (χ3v) is 9.09. The molecule has 0 radical (unpaired) electrons. The molecular weight excluding hydrogens is 505 g/mol. The topological polar surface area (TPSA) is 20.3 Å². The van der Waals surface area contributed by atoms with E-state index in [-0.39, 0.29) is 17.0 Å². The van der Waals surface area contributed by atoms with Crippen LogP contribution in [0.15, 0.2) is 109 Å². The van der Waals surface area contributed by atoms with Crippen LogP contribution in [0, 0.1) is 5.82 Å². The second-order valence-electron chi connectivity index (χ2n) is 11.6. The monoisotopic (exact) mass is 547 g/mol. The normalized spacial score (nSPS) is 15.4. The van der Waals surface area contributed by atoms with E-state index in [9.17, 15) is 9.18 Å². The van der Waals surface area contributed by atoms with E-state index < -0.39 is 0 Å². The summed E-state index contributed by atoms with van der Waals surface area (Å²) in [4.78, 5) is 15.6. The molecule has 0 spiro atoms. The Morgan fingerprint density at radius 2 is 1.39 bits per heavy atom. The second-order valence-corrected chi connectivity index (χ2v) is 11.6. The molecule has 0 saturated heterocycles. The van der Waals surface area contributed by atoms with Crippen LogP contribution in [0.5, 0.6) is 0 Å². The van der Waals surface area contributed by atoms with E-state index >= 15 is 0 Å². The van der Waals surface area contributed by atoms with Gasteiger partial charge in [0.15, 0.2) is 0 Å². The fourth-order valence-corrected chi connectivity index (χ4v) is 6.74. The van der Waals surface area contributed by atoms with Crippen molar-refractivity contribution in [3.63, 3.8) is 0 Å². The van der Waals surface area contributed by atoms with Crippen molar-refractivity contribution in [2.24, 2.45) is 0 Å². The van der Waals surface area contributed by atoms with Crippen LogP contribution >= 0.6 is 0 Å². The molecule has 41 heavy (non-hydrogen) atoms. The van der Waals surface area contributed by atoms with Gasteiger partial charge in [-0.05, 0) is 91.9 Å². The van der Waals surface area contributed by atoms with Gasteiger partial charge in [0.25, 0.3) is 0 Å². The minimum Gasteiger partial charge on any atom is -0.300 e. The van der Waals surface area contributed by atoms with Crippen LogP contribution in [0.2, 0.25) is 0 Å². The number of ketones is 1. The number of hydrogen-bond acceptors (Lipinski definition) is 2. The molecule has 0 bridgehead atoms. The molecule has 0 aliphatic carbocycles. The quantitative estimate of drug-likeness (QED) is 0.167. The lowest BCUT2D eigenvalue weighted by Crippen LogP contribution is -2.36. The minimum atomic E-state index is -0.238. The molecule has 5 rings (SSSR count). The molecule has 1 aliphatic heterocycles. The predicted molar refractivity (Wildman–Crippen MR) is 167 cm³/mol. The molecule has 0 saturated carbocycles. The first-order valence-corrected chi connectivity index (χ1v) is 15.2. The number of hydrogen-bond donors (Lipinski definition) is 0. The summed E-state index contributed by atoms with van der Waals surface area (Å²) in [7, 11) is 0. The summed E-state index contributed by atoms with van der Waals surface area (Å²) in [5, 5.41) is 0. The smallest absolute Gasteiger partial charge is 0.133 e. The van der Waals surface area contributed by atoms with E-state index in [1.54, 1.807) is 12.1 Å². The Hall–Kier alpha value is -3.56. The summed E-state index contributed by atoms with van der Waals surface area (Å²) in [5.41, 5.74) is 6.50. The highest BCUT2D eigenvalue weighted by Crippen LogP contribution is 2.42. The van der Waals surface area contributed by atoms with Gasteiger partial charge in [-0.15, -0.1) is 0 Å². The molecule has 0 fully saturated rings. The lowest BCUT2D eigenvalue weighted by atomic mass is 9.68. The van der Waals surface area contributed by atoms with Gasteiger partial charge in [-0.25, -0.2) is 4.39 Å². The molecule has 3 heteroatoms. The average molecular weight is 548 g/mol. The van der Waals surface area contributed by atoms with E-state index in [1.807, 2.05) is 0 Å². The number of fused-ring (bicyclic) bond motifs is 1. The number of carbonyl (C=O) groups excluding carboxylic acids is 1. The maximum absolute atomic E-state index is 13.2. The van der Waals surface area contributed by atoms with E-state index in [2.05, 4.69) is 96.8 Å². The van der Waals surface area contributed by atoms with Crippen LogP contribution in [0.1, 0.15) is 79.3 Å². The van der Waals surface area contributed by atoms with Crippen LogP contribution in [0.3, 0.4) is 0 Å². The lowest BCUT2D eigenvalue weighted by molar-refractivity contribution is -0.119. The van der Waals surface area contributed by atoms with Gasteiger partial charge < -0.3 is 0 Å². The Morgan fingerprint density at radius 3 is 2.07 bits per heavy atom. The van der Waals surface area contributed by atoms with Crippen LogP contribution in [-0.2, 0) is 23.1 Å². The molecule has 0 aromatic heterocycles. The van der Waals surface area contributed by atoms with Gasteiger partial charge >= 0.3 is 0 Å². The molecule has 4 aromatic rings. The maximum atomic E-state index is 13.2. The first-order chi connectivity index (χ1) is 20.0. The average Bonchev–Trinajstić information content (AvgIpc) is 3.02. The van der Waals surface area contributed by atoms with E-state index in [1.165, 1.54) is 34.4 Å². The van der Waals surface area contributed by atoms with Gasteiger partial charge in [0.1, 0.15) is 11.6 Å². The van der Waals surface area contributed by atoms with Crippen LogP contribution < -0.4 is 0 Å². The lowest BCUT2D eigenvalue weighted by Gasteiger charge is -2.38. The number of rotatable bonds is 13. The Labute approximate surface area is 245 Å². The van der Waals surface area contributed by atoms with Crippen molar-refractivity contribution in [2.75, 3.05) is 13.1 Å². The number of Topliss-reactive ketones (excluding diaryl/α,β-unsaturated/α-hetero) is 1. The number of aryl methyl sites for hydroxylation is 1. The summed E-state index contributed by atoms with van der Waals surface area (Å²) in [6, 6.07) is 37.6. The van der Waals surface area contributed by atoms with Crippen LogP contribution in [0.25, 0.3) is 0 Å². The van der Waals surface area contributed by atoms with E-state index in [4.69, 9.17) is 0 Å². The van der Waals surface area contributed by atoms with Gasteiger partial charge in [-0.1, -0.05) is 97.1 Å². The Morgan fingerprint density at radius 1 is 0.780 bits per heavy atom. The molecule has 1 aliphatic rings. The largest absolute Gasteiger partial charge is 0.300 e. The first-order valence-electron chi connectivity index (χ1n) is 15.2. The van der Waals surface area contributed by atoms with Gasteiger partial charge in [-0.2, -0.15) is 0 Å². The number of carbonyl (C=O) groups is 1. The molecule has 212 valence electrons.